The molecule has 28 heavy (non-hydrogen) atoms. The summed E-state index contributed by atoms with van der Waals surface area (Å²) in [6.45, 7) is 5.33. The molecule has 2 aliphatic heterocycles. The summed E-state index contributed by atoms with van der Waals surface area (Å²) >= 11 is 0. The van der Waals surface area contributed by atoms with Gasteiger partial charge in [-0.2, -0.15) is 0 Å². The zero-order valence-corrected chi connectivity index (χ0v) is 16.4. The summed E-state index contributed by atoms with van der Waals surface area (Å²) in [4.78, 5) is 33.1. The van der Waals surface area contributed by atoms with Crippen molar-refractivity contribution in [3.63, 3.8) is 0 Å². The van der Waals surface area contributed by atoms with Crippen molar-refractivity contribution in [3.8, 4) is 11.3 Å². The van der Waals surface area contributed by atoms with Crippen molar-refractivity contribution >= 4 is 11.8 Å². The minimum atomic E-state index is 0.0551. The number of piperidine rings is 1. The molecule has 0 radical (unpaired) electrons. The van der Waals surface area contributed by atoms with Gasteiger partial charge in [-0.25, -0.2) is 0 Å². The molecule has 0 spiro atoms. The molecule has 1 aromatic carbocycles. The number of likely N-dealkylation sites (tertiary alicyclic amines) is 2. The Labute approximate surface area is 166 Å². The zero-order chi connectivity index (χ0) is 19.5. The quantitative estimate of drug-likeness (QED) is 0.819. The van der Waals surface area contributed by atoms with Crippen molar-refractivity contribution in [1.82, 2.24) is 14.8 Å². The summed E-state index contributed by atoms with van der Waals surface area (Å²) in [5.41, 5.74) is 3.81. The Balaban J connectivity index is 1.35. The fourth-order valence-corrected chi connectivity index (χ4v) is 4.25. The summed E-state index contributed by atoms with van der Waals surface area (Å²) < 4.78 is 0. The van der Waals surface area contributed by atoms with Gasteiger partial charge in [0, 0.05) is 44.4 Å². The highest BCUT2D eigenvalue weighted by Crippen LogP contribution is 2.24. The molecule has 0 bridgehead atoms. The van der Waals surface area contributed by atoms with Gasteiger partial charge in [0.15, 0.2) is 0 Å². The third kappa shape index (κ3) is 3.93. The van der Waals surface area contributed by atoms with Crippen LogP contribution in [0.3, 0.4) is 0 Å². The van der Waals surface area contributed by atoms with Crippen molar-refractivity contribution in [1.29, 1.82) is 0 Å². The van der Waals surface area contributed by atoms with Crippen molar-refractivity contribution in [2.24, 2.45) is 5.92 Å². The summed E-state index contributed by atoms with van der Waals surface area (Å²) in [6, 6.07) is 11.9. The number of carbonyl (C=O) groups excluding carboxylic acids is 2. The first-order chi connectivity index (χ1) is 13.6. The van der Waals surface area contributed by atoms with Crippen LogP contribution in [0.4, 0.5) is 0 Å². The molecule has 3 heterocycles. The van der Waals surface area contributed by atoms with Crippen LogP contribution in [0.25, 0.3) is 11.3 Å². The van der Waals surface area contributed by atoms with E-state index < -0.39 is 0 Å². The Kier molecular flexibility index (Phi) is 5.42. The van der Waals surface area contributed by atoms with Crippen LogP contribution in [-0.2, 0) is 4.79 Å². The lowest BCUT2D eigenvalue weighted by Gasteiger charge is -2.34. The first-order valence-corrected chi connectivity index (χ1v) is 10.2. The van der Waals surface area contributed by atoms with E-state index in [4.69, 9.17) is 0 Å². The average molecular weight is 377 g/mol. The first-order valence-electron chi connectivity index (χ1n) is 10.2. The van der Waals surface area contributed by atoms with Gasteiger partial charge in [-0.3, -0.25) is 14.6 Å². The maximum atomic E-state index is 12.8. The lowest BCUT2D eigenvalue weighted by Crippen LogP contribution is -2.41. The minimum absolute atomic E-state index is 0.0551. The Morgan fingerprint density at radius 2 is 1.89 bits per heavy atom. The third-order valence-corrected chi connectivity index (χ3v) is 5.98. The number of aromatic nitrogens is 1. The Bertz CT molecular complexity index is 854. The van der Waals surface area contributed by atoms with Crippen LogP contribution >= 0.6 is 0 Å². The molecule has 1 aromatic heterocycles. The van der Waals surface area contributed by atoms with Crippen LogP contribution in [0.5, 0.6) is 0 Å². The fourth-order valence-electron chi connectivity index (χ4n) is 4.25. The minimum Gasteiger partial charge on any atom is -0.342 e. The van der Waals surface area contributed by atoms with Gasteiger partial charge >= 0.3 is 0 Å². The molecule has 2 aliphatic rings. The van der Waals surface area contributed by atoms with E-state index in [-0.39, 0.29) is 5.91 Å². The molecular formula is C23H27N3O2. The molecule has 2 fully saturated rings. The van der Waals surface area contributed by atoms with Crippen molar-refractivity contribution < 1.29 is 9.59 Å². The highest BCUT2D eigenvalue weighted by Gasteiger charge is 2.28. The zero-order valence-electron chi connectivity index (χ0n) is 16.4. The number of rotatable bonds is 4. The van der Waals surface area contributed by atoms with Crippen LogP contribution in [0.1, 0.15) is 41.6 Å². The van der Waals surface area contributed by atoms with E-state index in [9.17, 15) is 9.59 Å². The molecule has 0 saturated carbocycles. The fraction of sp³-hybridized carbons (Fsp3) is 0.435. The number of benzene rings is 1. The maximum Gasteiger partial charge on any atom is 0.255 e. The van der Waals surface area contributed by atoms with E-state index in [2.05, 4.69) is 24.0 Å². The van der Waals surface area contributed by atoms with Crippen LogP contribution in [0.15, 0.2) is 42.6 Å². The van der Waals surface area contributed by atoms with Crippen LogP contribution < -0.4 is 0 Å². The van der Waals surface area contributed by atoms with E-state index in [0.717, 1.165) is 56.7 Å². The third-order valence-electron chi connectivity index (χ3n) is 5.98. The van der Waals surface area contributed by atoms with E-state index in [1.54, 1.807) is 6.20 Å². The Morgan fingerprint density at radius 1 is 1.11 bits per heavy atom. The van der Waals surface area contributed by atoms with E-state index in [0.29, 0.717) is 23.8 Å². The van der Waals surface area contributed by atoms with Gasteiger partial charge < -0.3 is 9.80 Å². The van der Waals surface area contributed by atoms with Crippen molar-refractivity contribution in [2.45, 2.75) is 32.6 Å². The lowest BCUT2D eigenvalue weighted by molar-refractivity contribution is -0.128. The average Bonchev–Trinajstić information content (AvgIpc) is 3.13. The van der Waals surface area contributed by atoms with Crippen LogP contribution in [0.2, 0.25) is 0 Å². The van der Waals surface area contributed by atoms with E-state index in [1.807, 2.05) is 34.1 Å². The molecule has 146 valence electrons. The first kappa shape index (κ1) is 18.7. The topological polar surface area (TPSA) is 53.5 Å². The second-order valence-corrected chi connectivity index (χ2v) is 7.93. The molecular weight excluding hydrogens is 350 g/mol. The van der Waals surface area contributed by atoms with Gasteiger partial charge in [0.25, 0.3) is 5.91 Å². The van der Waals surface area contributed by atoms with Gasteiger partial charge in [0.05, 0.1) is 11.3 Å². The monoisotopic (exact) mass is 377 g/mol. The van der Waals surface area contributed by atoms with Gasteiger partial charge in [0.2, 0.25) is 5.91 Å². The lowest BCUT2D eigenvalue weighted by atomic mass is 9.95. The predicted octanol–water partition coefficient (Wildman–Crippen LogP) is 3.53. The summed E-state index contributed by atoms with van der Waals surface area (Å²) in [7, 11) is 0. The number of hydrogen-bond donors (Lipinski definition) is 0. The maximum absolute atomic E-state index is 12.8. The molecule has 0 N–H and O–H groups in total. The standard InChI is InChI=1S/C23H27N3O2/c1-17-5-2-3-6-20(17)21-9-8-19(15-24-21)23(28)25-13-10-18(11-14-25)16-26-12-4-7-22(26)27/h2-3,5-6,8-9,15,18H,4,7,10-14,16H2,1H3. The van der Waals surface area contributed by atoms with Crippen LogP contribution in [-0.4, -0.2) is 52.8 Å². The molecule has 0 atom stereocenters. The molecule has 5 heteroatoms. The Hall–Kier alpha value is -2.69. The number of nitrogens with zero attached hydrogens (tertiary/aromatic N) is 3. The highest BCUT2D eigenvalue weighted by molar-refractivity contribution is 5.94. The second kappa shape index (κ2) is 8.13. The summed E-state index contributed by atoms with van der Waals surface area (Å²) in [5.74, 6) is 0.852. The molecule has 4 rings (SSSR count). The Morgan fingerprint density at radius 3 is 2.54 bits per heavy atom. The van der Waals surface area contributed by atoms with Crippen molar-refractivity contribution in [2.75, 3.05) is 26.2 Å². The molecule has 0 unspecified atom stereocenters. The van der Waals surface area contributed by atoms with Gasteiger partial charge in [0.1, 0.15) is 0 Å². The van der Waals surface area contributed by atoms with Gasteiger partial charge in [-0.1, -0.05) is 24.3 Å². The SMILES string of the molecule is Cc1ccccc1-c1ccc(C(=O)N2CCC(CN3CCCC3=O)CC2)cn1. The number of carbonyl (C=O) groups is 2. The molecule has 5 nitrogen and oxygen atoms in total. The largest absolute Gasteiger partial charge is 0.342 e. The summed E-state index contributed by atoms with van der Waals surface area (Å²) in [5, 5.41) is 0. The number of aryl methyl sites for hydroxylation is 1. The predicted molar refractivity (Wildman–Crippen MR) is 109 cm³/mol. The molecule has 2 saturated heterocycles. The normalized spacial score (nSPS) is 18.0. The highest BCUT2D eigenvalue weighted by atomic mass is 16.2. The number of amides is 2. The molecule has 2 aromatic rings. The van der Waals surface area contributed by atoms with Gasteiger partial charge in [-0.15, -0.1) is 0 Å². The molecule has 2 amide bonds. The van der Waals surface area contributed by atoms with Gasteiger partial charge in [-0.05, 0) is 49.8 Å². The molecule has 0 aliphatic carbocycles. The van der Waals surface area contributed by atoms with E-state index in [1.165, 1.54) is 5.56 Å². The summed E-state index contributed by atoms with van der Waals surface area (Å²) in [6.07, 6.45) is 5.30. The second-order valence-electron chi connectivity index (χ2n) is 7.93. The van der Waals surface area contributed by atoms with E-state index >= 15 is 0 Å². The smallest absolute Gasteiger partial charge is 0.255 e. The number of pyridine rings is 1. The van der Waals surface area contributed by atoms with Crippen molar-refractivity contribution in [3.05, 3.63) is 53.7 Å². The van der Waals surface area contributed by atoms with Crippen LogP contribution in [0, 0.1) is 12.8 Å². The number of hydrogen-bond acceptors (Lipinski definition) is 3.